The van der Waals surface area contributed by atoms with Gasteiger partial charge in [0.1, 0.15) is 0 Å². The fraction of sp³-hybridized carbons (Fsp3) is 0.846. The molecule has 1 saturated heterocycles. The number of nitrogens with zero attached hydrogens (tertiary/aromatic N) is 2. The number of primary amides is 1. The van der Waals surface area contributed by atoms with Crippen molar-refractivity contribution in [3.8, 4) is 0 Å². The molecule has 6 heteroatoms. The van der Waals surface area contributed by atoms with Crippen molar-refractivity contribution in [2.45, 2.75) is 39.5 Å². The summed E-state index contributed by atoms with van der Waals surface area (Å²) in [6.07, 6.45) is 3.72. The van der Waals surface area contributed by atoms with Crippen LogP contribution >= 0.6 is 0 Å². The van der Waals surface area contributed by atoms with Gasteiger partial charge in [-0.2, -0.15) is 0 Å². The molecule has 2 amide bonds. The third-order valence-corrected chi connectivity index (χ3v) is 3.20. The quantitative estimate of drug-likeness (QED) is 0.791. The number of urea groups is 1. The standard InChI is InChI=1S/C7H15NO2.C6H12N2O/c1-3-8(4-2)6-5-7(9)10;7-6(9)8-4-2-1-3-5-8/h3-6H2,1-2H3,(H,9,10);1-5H2,(H2,7,9). The van der Waals surface area contributed by atoms with Gasteiger partial charge in [-0.25, -0.2) is 4.79 Å². The van der Waals surface area contributed by atoms with Gasteiger partial charge in [0, 0.05) is 19.6 Å². The van der Waals surface area contributed by atoms with Crippen molar-refractivity contribution in [3.05, 3.63) is 0 Å². The monoisotopic (exact) mass is 273 g/mol. The van der Waals surface area contributed by atoms with E-state index in [1.165, 1.54) is 6.42 Å². The first-order chi connectivity index (χ1) is 9.01. The van der Waals surface area contributed by atoms with E-state index in [0.29, 0.717) is 6.54 Å². The molecule has 19 heavy (non-hydrogen) atoms. The van der Waals surface area contributed by atoms with E-state index < -0.39 is 5.97 Å². The SMILES string of the molecule is CCN(CC)CCC(=O)O.NC(=O)N1CCCCC1. The maximum atomic E-state index is 10.5. The molecule has 6 nitrogen and oxygen atoms in total. The number of amides is 2. The van der Waals surface area contributed by atoms with Crippen LogP contribution in [0.25, 0.3) is 0 Å². The van der Waals surface area contributed by atoms with Gasteiger partial charge >= 0.3 is 12.0 Å². The van der Waals surface area contributed by atoms with E-state index in [0.717, 1.165) is 39.0 Å². The summed E-state index contributed by atoms with van der Waals surface area (Å²) in [4.78, 5) is 24.4. The second-order valence-corrected chi connectivity index (χ2v) is 4.56. The van der Waals surface area contributed by atoms with E-state index in [1.54, 1.807) is 4.90 Å². The number of aliphatic carboxylic acids is 1. The Bertz CT molecular complexity index is 262. The Kier molecular flexibility index (Phi) is 9.88. The highest BCUT2D eigenvalue weighted by molar-refractivity contribution is 5.71. The minimum absolute atomic E-state index is 0.252. The molecule has 0 saturated carbocycles. The molecule has 0 aromatic heterocycles. The summed E-state index contributed by atoms with van der Waals surface area (Å²) < 4.78 is 0. The molecular weight excluding hydrogens is 246 g/mol. The van der Waals surface area contributed by atoms with Gasteiger partial charge in [-0.05, 0) is 32.4 Å². The third kappa shape index (κ3) is 9.30. The predicted octanol–water partition coefficient (Wildman–Crippen LogP) is 1.35. The Morgan fingerprint density at radius 1 is 1.16 bits per heavy atom. The Morgan fingerprint density at radius 2 is 1.68 bits per heavy atom. The van der Waals surface area contributed by atoms with Crippen molar-refractivity contribution in [2.75, 3.05) is 32.7 Å². The Balaban J connectivity index is 0.000000342. The number of carbonyl (C=O) groups excluding carboxylic acids is 1. The highest BCUT2D eigenvalue weighted by atomic mass is 16.4. The molecule has 0 spiro atoms. The van der Waals surface area contributed by atoms with Crippen molar-refractivity contribution < 1.29 is 14.7 Å². The number of piperidine rings is 1. The van der Waals surface area contributed by atoms with E-state index >= 15 is 0 Å². The lowest BCUT2D eigenvalue weighted by molar-refractivity contribution is -0.137. The smallest absolute Gasteiger partial charge is 0.314 e. The maximum absolute atomic E-state index is 10.5. The zero-order valence-electron chi connectivity index (χ0n) is 12.1. The molecule has 3 N–H and O–H groups in total. The molecule has 0 unspecified atom stereocenters. The van der Waals surface area contributed by atoms with Crippen LogP contribution in [0.3, 0.4) is 0 Å². The number of nitrogens with two attached hydrogens (primary N) is 1. The van der Waals surface area contributed by atoms with Crippen LogP contribution in [0.2, 0.25) is 0 Å². The molecule has 0 bridgehead atoms. The van der Waals surface area contributed by atoms with Gasteiger partial charge in [0.05, 0.1) is 6.42 Å². The molecule has 1 rings (SSSR count). The lowest BCUT2D eigenvalue weighted by Gasteiger charge is -2.24. The first kappa shape index (κ1) is 17.7. The van der Waals surface area contributed by atoms with Gasteiger partial charge in [0.25, 0.3) is 0 Å². The number of likely N-dealkylation sites (tertiary alicyclic amines) is 1. The Labute approximate surface area is 115 Å². The average Bonchev–Trinajstić information content (AvgIpc) is 2.41. The second kappa shape index (κ2) is 10.6. The van der Waals surface area contributed by atoms with Crippen LogP contribution in [0.4, 0.5) is 4.79 Å². The number of carboxylic acid groups (broad SMARTS) is 1. The summed E-state index contributed by atoms with van der Waals surface area (Å²) in [5.41, 5.74) is 5.05. The Hall–Kier alpha value is -1.30. The summed E-state index contributed by atoms with van der Waals surface area (Å²) in [6, 6.07) is -0.269. The fourth-order valence-corrected chi connectivity index (χ4v) is 1.91. The van der Waals surface area contributed by atoms with Crippen LogP contribution in [0.1, 0.15) is 39.5 Å². The summed E-state index contributed by atoms with van der Waals surface area (Å²) >= 11 is 0. The van der Waals surface area contributed by atoms with Crippen LogP contribution in [-0.4, -0.2) is 59.6 Å². The largest absolute Gasteiger partial charge is 0.481 e. The number of hydrogen-bond donors (Lipinski definition) is 2. The molecule has 0 radical (unpaired) electrons. The van der Waals surface area contributed by atoms with Crippen LogP contribution in [0.15, 0.2) is 0 Å². The average molecular weight is 273 g/mol. The van der Waals surface area contributed by atoms with Crippen molar-refractivity contribution in [2.24, 2.45) is 5.73 Å². The molecule has 1 aliphatic heterocycles. The van der Waals surface area contributed by atoms with Crippen LogP contribution in [0, 0.1) is 0 Å². The zero-order chi connectivity index (χ0) is 14.7. The fourth-order valence-electron chi connectivity index (χ4n) is 1.91. The normalized spacial score (nSPS) is 14.8. The van der Waals surface area contributed by atoms with Gasteiger partial charge in [-0.3, -0.25) is 4.79 Å². The lowest BCUT2D eigenvalue weighted by atomic mass is 10.1. The van der Waals surface area contributed by atoms with Gasteiger partial charge < -0.3 is 20.6 Å². The van der Waals surface area contributed by atoms with Gasteiger partial charge in [-0.1, -0.05) is 13.8 Å². The van der Waals surface area contributed by atoms with Crippen LogP contribution in [-0.2, 0) is 4.79 Å². The van der Waals surface area contributed by atoms with Crippen LogP contribution < -0.4 is 5.73 Å². The van der Waals surface area contributed by atoms with Gasteiger partial charge in [-0.15, -0.1) is 0 Å². The minimum Gasteiger partial charge on any atom is -0.481 e. The van der Waals surface area contributed by atoms with E-state index in [1.807, 2.05) is 13.8 Å². The number of rotatable bonds is 5. The van der Waals surface area contributed by atoms with Crippen molar-refractivity contribution in [3.63, 3.8) is 0 Å². The summed E-state index contributed by atoms with van der Waals surface area (Å²) in [6.45, 7) is 8.32. The number of hydrogen-bond acceptors (Lipinski definition) is 3. The van der Waals surface area contributed by atoms with Crippen molar-refractivity contribution in [1.82, 2.24) is 9.80 Å². The molecule has 1 fully saturated rings. The van der Waals surface area contributed by atoms with Gasteiger partial charge in [0.15, 0.2) is 0 Å². The summed E-state index contributed by atoms with van der Waals surface area (Å²) in [7, 11) is 0. The second-order valence-electron chi connectivity index (χ2n) is 4.56. The lowest BCUT2D eigenvalue weighted by Crippen LogP contribution is -2.39. The summed E-state index contributed by atoms with van der Waals surface area (Å²) in [5, 5.41) is 8.33. The third-order valence-electron chi connectivity index (χ3n) is 3.20. The molecule has 0 atom stereocenters. The van der Waals surface area contributed by atoms with Crippen molar-refractivity contribution in [1.29, 1.82) is 0 Å². The van der Waals surface area contributed by atoms with Crippen molar-refractivity contribution >= 4 is 12.0 Å². The molecule has 112 valence electrons. The Morgan fingerprint density at radius 3 is 2.00 bits per heavy atom. The molecule has 0 aromatic rings. The summed E-state index contributed by atoms with van der Waals surface area (Å²) in [5.74, 6) is -0.716. The van der Waals surface area contributed by atoms with E-state index in [2.05, 4.69) is 4.90 Å². The number of carbonyl (C=O) groups is 2. The van der Waals surface area contributed by atoms with Crippen LogP contribution in [0.5, 0.6) is 0 Å². The van der Waals surface area contributed by atoms with E-state index in [-0.39, 0.29) is 12.5 Å². The maximum Gasteiger partial charge on any atom is 0.314 e. The molecule has 0 aliphatic carbocycles. The molecule has 1 heterocycles. The minimum atomic E-state index is -0.716. The molecule has 1 aliphatic rings. The van der Waals surface area contributed by atoms with E-state index in [4.69, 9.17) is 10.8 Å². The van der Waals surface area contributed by atoms with Gasteiger partial charge in [0.2, 0.25) is 0 Å². The number of carboxylic acids is 1. The molecule has 0 aromatic carbocycles. The topological polar surface area (TPSA) is 86.9 Å². The highest BCUT2D eigenvalue weighted by Gasteiger charge is 2.11. The predicted molar refractivity (Wildman–Crippen MR) is 75.0 cm³/mol. The zero-order valence-corrected chi connectivity index (χ0v) is 12.1. The highest BCUT2D eigenvalue weighted by Crippen LogP contribution is 2.07. The van der Waals surface area contributed by atoms with E-state index in [9.17, 15) is 9.59 Å². The first-order valence-electron chi connectivity index (χ1n) is 6.99. The first-order valence-corrected chi connectivity index (χ1v) is 6.99. The molecular formula is C13H27N3O3.